The molecule has 6 heteroatoms. The van der Waals surface area contributed by atoms with Gasteiger partial charge in [-0.15, -0.1) is 0 Å². The lowest BCUT2D eigenvalue weighted by Crippen LogP contribution is -2.39. The molecule has 0 radical (unpaired) electrons. The van der Waals surface area contributed by atoms with Gasteiger partial charge in [0.25, 0.3) is 0 Å². The molecule has 1 atom stereocenters. The molecule has 0 saturated carbocycles. The van der Waals surface area contributed by atoms with Crippen LogP contribution in [-0.2, 0) is 0 Å². The summed E-state index contributed by atoms with van der Waals surface area (Å²) in [4.78, 5) is 22.4. The fourth-order valence-electron chi connectivity index (χ4n) is 5.14. The molecule has 0 aliphatic carbocycles. The van der Waals surface area contributed by atoms with Crippen molar-refractivity contribution < 1.29 is 9.90 Å². The highest BCUT2D eigenvalue weighted by atomic mass is 32.2. The first-order chi connectivity index (χ1) is 19.7. The molecule has 1 unspecified atom stereocenters. The predicted octanol–water partition coefficient (Wildman–Crippen LogP) is 9.92. The molecule has 0 saturated heterocycles. The van der Waals surface area contributed by atoms with Crippen molar-refractivity contribution in [3.05, 3.63) is 91.0 Å². The number of hydrogen-bond donors (Lipinski definition) is 2. The highest BCUT2D eigenvalue weighted by molar-refractivity contribution is 7.99. The van der Waals surface area contributed by atoms with Crippen LogP contribution in [0.25, 0.3) is 22.5 Å². The maximum atomic E-state index is 12.3. The Balaban J connectivity index is 1.33. The van der Waals surface area contributed by atoms with Gasteiger partial charge in [0.15, 0.2) is 5.16 Å². The lowest BCUT2D eigenvalue weighted by molar-refractivity contribution is 0.197. The molecular formula is C34H41N3O2S. The van der Waals surface area contributed by atoms with Crippen molar-refractivity contribution in [1.29, 1.82) is 0 Å². The molecule has 4 rings (SSSR count). The average molecular weight is 556 g/mol. The van der Waals surface area contributed by atoms with Crippen LogP contribution in [0.4, 0.5) is 10.5 Å². The number of H-pyrrole nitrogens is 1. The van der Waals surface area contributed by atoms with E-state index in [4.69, 9.17) is 4.98 Å². The number of unbranched alkanes of at least 4 members (excludes halogenated alkanes) is 5. The second kappa shape index (κ2) is 15.9. The molecule has 4 aromatic rings. The summed E-state index contributed by atoms with van der Waals surface area (Å²) in [6.07, 6.45) is 8.68. The van der Waals surface area contributed by atoms with Gasteiger partial charge in [0.1, 0.15) is 0 Å². The number of amides is 1. The molecule has 1 heterocycles. The van der Waals surface area contributed by atoms with Crippen LogP contribution in [0.3, 0.4) is 0 Å². The van der Waals surface area contributed by atoms with E-state index in [0.717, 1.165) is 84.1 Å². The maximum Gasteiger partial charge on any atom is 0.412 e. The van der Waals surface area contributed by atoms with Crippen LogP contribution in [0.5, 0.6) is 0 Å². The number of aromatic nitrogens is 2. The summed E-state index contributed by atoms with van der Waals surface area (Å²) in [7, 11) is 0. The predicted molar refractivity (Wildman–Crippen MR) is 168 cm³/mol. The Morgan fingerprint density at radius 1 is 0.800 bits per heavy atom. The van der Waals surface area contributed by atoms with Gasteiger partial charge in [-0.2, -0.15) is 0 Å². The van der Waals surface area contributed by atoms with Crippen molar-refractivity contribution in [3.8, 4) is 22.5 Å². The molecule has 1 aromatic heterocycles. The smallest absolute Gasteiger partial charge is 0.412 e. The zero-order valence-electron chi connectivity index (χ0n) is 23.5. The van der Waals surface area contributed by atoms with Gasteiger partial charge < -0.3 is 10.1 Å². The minimum Gasteiger partial charge on any atom is -0.465 e. The van der Waals surface area contributed by atoms with Crippen molar-refractivity contribution in [3.63, 3.8) is 0 Å². The van der Waals surface area contributed by atoms with Gasteiger partial charge in [-0.25, -0.2) is 9.78 Å². The molecular weight excluding hydrogens is 514 g/mol. The fraction of sp³-hybridized carbons (Fsp3) is 0.353. The zero-order valence-corrected chi connectivity index (χ0v) is 24.3. The van der Waals surface area contributed by atoms with E-state index in [2.05, 4.69) is 48.3 Å². The summed E-state index contributed by atoms with van der Waals surface area (Å²) in [5.41, 5.74) is 5.04. The van der Waals surface area contributed by atoms with E-state index in [1.807, 2.05) is 54.6 Å². The number of thioether (sulfide) groups is 1. The van der Waals surface area contributed by atoms with E-state index in [9.17, 15) is 9.90 Å². The van der Waals surface area contributed by atoms with E-state index in [1.165, 1.54) is 12.8 Å². The van der Waals surface area contributed by atoms with Gasteiger partial charge in [-0.3, -0.25) is 4.90 Å². The number of carboxylic acid groups (broad SMARTS) is 1. The molecule has 0 bridgehead atoms. The summed E-state index contributed by atoms with van der Waals surface area (Å²) in [6.45, 7) is 2.21. The van der Waals surface area contributed by atoms with Crippen LogP contribution in [0.2, 0.25) is 0 Å². The molecule has 0 fully saturated rings. The van der Waals surface area contributed by atoms with Crippen LogP contribution in [0, 0.1) is 0 Å². The Labute approximate surface area is 243 Å². The summed E-state index contributed by atoms with van der Waals surface area (Å²) >= 11 is 1.76. The van der Waals surface area contributed by atoms with Gasteiger partial charge in [0.2, 0.25) is 0 Å². The summed E-state index contributed by atoms with van der Waals surface area (Å²) < 4.78 is 0. The van der Waals surface area contributed by atoms with Crippen molar-refractivity contribution in [2.75, 3.05) is 10.7 Å². The minimum atomic E-state index is -0.858. The normalized spacial score (nSPS) is 11.8. The van der Waals surface area contributed by atoms with Crippen molar-refractivity contribution >= 4 is 23.5 Å². The quantitative estimate of drug-likeness (QED) is 0.107. The van der Waals surface area contributed by atoms with Gasteiger partial charge in [-0.1, -0.05) is 136 Å². The van der Waals surface area contributed by atoms with Crippen molar-refractivity contribution in [2.45, 2.75) is 75.9 Å². The Bertz CT molecular complexity index is 1220. The van der Waals surface area contributed by atoms with E-state index < -0.39 is 6.09 Å². The fourth-order valence-corrected chi connectivity index (χ4v) is 6.01. The molecule has 0 spiro atoms. The number of imidazole rings is 1. The largest absolute Gasteiger partial charge is 0.465 e. The van der Waals surface area contributed by atoms with Crippen LogP contribution in [0.15, 0.2) is 96.2 Å². The van der Waals surface area contributed by atoms with Gasteiger partial charge in [-0.05, 0) is 31.4 Å². The van der Waals surface area contributed by atoms with Crippen molar-refractivity contribution in [1.82, 2.24) is 9.97 Å². The highest BCUT2D eigenvalue weighted by Gasteiger charge is 2.24. The highest BCUT2D eigenvalue weighted by Crippen LogP contribution is 2.33. The van der Waals surface area contributed by atoms with Crippen molar-refractivity contribution in [2.24, 2.45) is 0 Å². The lowest BCUT2D eigenvalue weighted by atomic mass is 9.99. The molecule has 3 aromatic carbocycles. The number of rotatable bonds is 16. The van der Waals surface area contributed by atoms with E-state index in [1.54, 1.807) is 16.7 Å². The molecule has 0 aliphatic heterocycles. The maximum absolute atomic E-state index is 12.3. The topological polar surface area (TPSA) is 69.2 Å². The number of para-hydroxylation sites is 1. The number of nitrogens with one attached hydrogen (secondary N) is 1. The van der Waals surface area contributed by atoms with E-state index in [-0.39, 0.29) is 6.04 Å². The number of benzene rings is 3. The van der Waals surface area contributed by atoms with E-state index in [0.29, 0.717) is 0 Å². The van der Waals surface area contributed by atoms with Crippen LogP contribution in [-0.4, -0.2) is 33.0 Å². The summed E-state index contributed by atoms with van der Waals surface area (Å²) in [6, 6.07) is 30.3. The van der Waals surface area contributed by atoms with Crippen LogP contribution >= 0.6 is 11.8 Å². The monoisotopic (exact) mass is 555 g/mol. The second-order valence-corrected chi connectivity index (χ2v) is 11.3. The van der Waals surface area contributed by atoms with Crippen LogP contribution < -0.4 is 4.90 Å². The number of hydrogen-bond acceptors (Lipinski definition) is 3. The Kier molecular flexibility index (Phi) is 11.7. The third-order valence-corrected chi connectivity index (χ3v) is 8.17. The number of carbonyl (C=O) groups is 1. The Morgan fingerprint density at radius 3 is 1.98 bits per heavy atom. The average Bonchev–Trinajstić information content (AvgIpc) is 3.42. The second-order valence-electron chi connectivity index (χ2n) is 10.2. The Morgan fingerprint density at radius 2 is 1.38 bits per heavy atom. The standard InChI is InChI=1S/C34H41N3O2S/c1-2-3-4-13-22-29(37(34(38)39)30-23-14-7-15-24-30)25-16-8-17-26-40-33-35-31(27-18-9-5-10-19-27)32(36-33)28-20-11-6-12-21-28/h5-7,9-12,14-15,18-21,23-24,29H,2-4,8,13,16-17,22,25-26H2,1H3,(H,35,36)(H,38,39). The number of nitrogens with zero attached hydrogens (tertiary/aromatic N) is 2. The number of aromatic amines is 1. The number of anilines is 1. The first kappa shape index (κ1) is 29.5. The van der Waals surface area contributed by atoms with Gasteiger partial charge in [0.05, 0.1) is 11.4 Å². The molecule has 210 valence electrons. The Hall–Kier alpha value is -3.51. The molecule has 5 nitrogen and oxygen atoms in total. The molecule has 1 amide bonds. The first-order valence-corrected chi connectivity index (χ1v) is 15.6. The third-order valence-electron chi connectivity index (χ3n) is 7.21. The SMILES string of the molecule is CCCCCCC(CCCCCSc1nc(-c2ccccc2)c(-c2ccccc2)[nH]1)N(C(=O)O)c1ccccc1. The van der Waals surface area contributed by atoms with Crippen LogP contribution in [0.1, 0.15) is 64.7 Å². The lowest BCUT2D eigenvalue weighted by Gasteiger charge is -2.30. The molecule has 2 N–H and O–H groups in total. The third kappa shape index (κ3) is 8.49. The summed E-state index contributed by atoms with van der Waals surface area (Å²) in [5, 5.41) is 11.0. The first-order valence-electron chi connectivity index (χ1n) is 14.6. The molecule has 40 heavy (non-hydrogen) atoms. The minimum absolute atomic E-state index is 0.0105. The zero-order chi connectivity index (χ0) is 28.0. The summed E-state index contributed by atoms with van der Waals surface area (Å²) in [5.74, 6) is 0.971. The molecule has 0 aliphatic rings. The van der Waals surface area contributed by atoms with Gasteiger partial charge in [0, 0.05) is 28.6 Å². The van der Waals surface area contributed by atoms with Gasteiger partial charge >= 0.3 is 6.09 Å². The van der Waals surface area contributed by atoms with E-state index >= 15 is 0 Å².